The maximum Gasteiger partial charge on any atom is 0.319 e. The van der Waals surface area contributed by atoms with Crippen LogP contribution >= 0.6 is 0 Å². The molecule has 1 atom stereocenters. The van der Waals surface area contributed by atoms with Gasteiger partial charge in [0, 0.05) is 61.3 Å². The van der Waals surface area contributed by atoms with E-state index in [0.29, 0.717) is 48.7 Å². The van der Waals surface area contributed by atoms with Gasteiger partial charge in [-0.1, -0.05) is 26.2 Å². The van der Waals surface area contributed by atoms with Crippen molar-refractivity contribution in [1.82, 2.24) is 10.6 Å². The van der Waals surface area contributed by atoms with Gasteiger partial charge in [0.25, 0.3) is 10.0 Å². The van der Waals surface area contributed by atoms with E-state index in [-0.39, 0.29) is 35.2 Å². The Hall–Kier alpha value is -4.53. The van der Waals surface area contributed by atoms with E-state index in [2.05, 4.69) is 37.8 Å². The number of benzene rings is 3. The van der Waals surface area contributed by atoms with Crippen LogP contribution in [0.2, 0.25) is 0 Å². The molecule has 2 aliphatic heterocycles. The number of aliphatic hydroxyl groups is 1. The summed E-state index contributed by atoms with van der Waals surface area (Å²) in [7, 11) is -3.82. The van der Waals surface area contributed by atoms with Crippen molar-refractivity contribution in [3.63, 3.8) is 0 Å². The first-order valence-electron chi connectivity index (χ1n) is 17.3. The molecule has 1 unspecified atom stereocenters. The van der Waals surface area contributed by atoms with E-state index < -0.39 is 16.1 Å². The number of aliphatic hydroxyl groups excluding tert-OH is 1. The number of unbranched alkanes of at least 4 members (excludes halogenated alkanes) is 3. The number of phenolic OH excluding ortho intramolecular Hbond substituents is 1. The Labute approximate surface area is 293 Å². The van der Waals surface area contributed by atoms with Crippen molar-refractivity contribution in [2.45, 2.75) is 75.3 Å². The molecule has 0 aliphatic carbocycles. The summed E-state index contributed by atoms with van der Waals surface area (Å²) in [6, 6.07) is 16.4. The normalized spacial score (nSPS) is 15.5. The third-order valence-corrected chi connectivity index (χ3v) is 10.3. The van der Waals surface area contributed by atoms with E-state index in [1.54, 1.807) is 30.3 Å². The van der Waals surface area contributed by atoms with Crippen molar-refractivity contribution in [2.24, 2.45) is 0 Å². The Kier molecular flexibility index (Phi) is 12.8. The van der Waals surface area contributed by atoms with Crippen LogP contribution in [-0.4, -0.2) is 75.5 Å². The van der Waals surface area contributed by atoms with Gasteiger partial charge in [0.15, 0.2) is 0 Å². The highest BCUT2D eigenvalue weighted by atomic mass is 32.2. The first-order chi connectivity index (χ1) is 24.1. The van der Waals surface area contributed by atoms with Crippen molar-refractivity contribution < 1.29 is 33.0 Å². The number of nitrogens with zero attached hydrogens (tertiary/aromatic N) is 1. The second-order valence-electron chi connectivity index (χ2n) is 12.7. The third-order valence-electron chi connectivity index (χ3n) is 8.91. The lowest BCUT2D eigenvalue weighted by molar-refractivity contribution is -0.116. The number of sulfonamides is 1. The SMILES string of the molecule is CCCCCCNC(=O)Nc1ccc(S(=O)(=O)Nc2ccc(N3CCC(NCC(O)COc4ccc(O)c5c4CCC(=O)N5)CC3)cc2)cc1. The maximum absolute atomic E-state index is 13.0. The molecule has 1 saturated heterocycles. The van der Waals surface area contributed by atoms with Crippen LogP contribution in [-0.2, 0) is 21.2 Å². The number of carbonyl (C=O) groups is 2. The van der Waals surface area contributed by atoms with E-state index >= 15 is 0 Å². The number of amides is 3. The average molecular weight is 709 g/mol. The summed E-state index contributed by atoms with van der Waals surface area (Å²) in [5, 5.41) is 32.3. The number of fused-ring (bicyclic) bond motifs is 1. The Balaban J connectivity index is 1.02. The number of nitrogens with one attached hydrogen (secondary N) is 5. The van der Waals surface area contributed by atoms with Crippen LogP contribution in [0.5, 0.6) is 11.5 Å². The summed E-state index contributed by atoms with van der Waals surface area (Å²) in [5.74, 6) is 0.392. The minimum absolute atomic E-state index is 0.00226. The molecular formula is C36H48N6O7S. The van der Waals surface area contributed by atoms with Crippen LogP contribution in [0.3, 0.4) is 0 Å². The highest BCUT2D eigenvalue weighted by molar-refractivity contribution is 7.92. The molecule has 3 amide bonds. The summed E-state index contributed by atoms with van der Waals surface area (Å²) >= 11 is 0. The molecule has 2 aliphatic rings. The Bertz CT molecular complexity index is 1700. The average Bonchev–Trinajstić information content (AvgIpc) is 3.11. The van der Waals surface area contributed by atoms with E-state index in [1.165, 1.54) is 18.2 Å². The van der Waals surface area contributed by atoms with Crippen molar-refractivity contribution in [3.8, 4) is 11.5 Å². The first-order valence-corrected chi connectivity index (χ1v) is 18.8. The van der Waals surface area contributed by atoms with Crippen LogP contribution in [0.25, 0.3) is 0 Å². The Morgan fingerprint density at radius 3 is 2.42 bits per heavy atom. The van der Waals surface area contributed by atoms with Crippen molar-refractivity contribution >= 4 is 44.7 Å². The lowest BCUT2D eigenvalue weighted by Crippen LogP contribution is -2.45. The Morgan fingerprint density at radius 1 is 0.980 bits per heavy atom. The minimum atomic E-state index is -3.82. The zero-order valence-corrected chi connectivity index (χ0v) is 29.2. The number of urea groups is 1. The van der Waals surface area contributed by atoms with Gasteiger partial charge in [-0.3, -0.25) is 9.52 Å². The van der Waals surface area contributed by atoms with Gasteiger partial charge in [0.05, 0.1) is 10.6 Å². The third kappa shape index (κ3) is 10.2. The summed E-state index contributed by atoms with van der Waals surface area (Å²) in [4.78, 5) is 26.2. The summed E-state index contributed by atoms with van der Waals surface area (Å²) < 4.78 is 34.5. The number of carbonyl (C=O) groups excluding carboxylic acids is 2. The number of piperidine rings is 1. The number of aromatic hydroxyl groups is 1. The lowest BCUT2D eigenvalue weighted by Gasteiger charge is -2.34. The molecule has 2 heterocycles. The summed E-state index contributed by atoms with van der Waals surface area (Å²) in [6.07, 6.45) is 6.04. The van der Waals surface area contributed by atoms with E-state index in [0.717, 1.165) is 62.9 Å². The molecule has 50 heavy (non-hydrogen) atoms. The largest absolute Gasteiger partial charge is 0.506 e. The topological polar surface area (TPSA) is 181 Å². The number of rotatable bonds is 16. The fourth-order valence-electron chi connectivity index (χ4n) is 6.07. The van der Waals surface area contributed by atoms with Crippen LogP contribution in [0.15, 0.2) is 65.6 Å². The molecule has 0 bridgehead atoms. The quantitative estimate of drug-likeness (QED) is 0.0814. The molecule has 7 N–H and O–H groups in total. The first kappa shape index (κ1) is 36.7. The minimum Gasteiger partial charge on any atom is -0.506 e. The molecule has 3 aromatic rings. The molecule has 0 saturated carbocycles. The van der Waals surface area contributed by atoms with E-state index in [4.69, 9.17) is 4.74 Å². The zero-order chi connectivity index (χ0) is 35.5. The van der Waals surface area contributed by atoms with E-state index in [1.807, 2.05) is 12.1 Å². The second-order valence-corrected chi connectivity index (χ2v) is 14.4. The van der Waals surface area contributed by atoms with Gasteiger partial charge in [0.2, 0.25) is 5.91 Å². The second kappa shape index (κ2) is 17.4. The lowest BCUT2D eigenvalue weighted by atomic mass is 10.0. The van der Waals surface area contributed by atoms with Gasteiger partial charge in [-0.2, -0.15) is 0 Å². The van der Waals surface area contributed by atoms with Crippen LogP contribution in [0.4, 0.5) is 27.5 Å². The molecule has 1 fully saturated rings. The van der Waals surface area contributed by atoms with Gasteiger partial charge in [-0.25, -0.2) is 13.2 Å². The number of anilines is 4. The number of ether oxygens (including phenoxy) is 1. The van der Waals surface area contributed by atoms with Crippen LogP contribution in [0, 0.1) is 0 Å². The van der Waals surface area contributed by atoms with Gasteiger partial charge in [-0.15, -0.1) is 0 Å². The summed E-state index contributed by atoms with van der Waals surface area (Å²) in [5.41, 5.74) is 3.05. The fraction of sp³-hybridized carbons (Fsp3) is 0.444. The Morgan fingerprint density at radius 2 is 1.70 bits per heavy atom. The molecule has 14 heteroatoms. The number of phenols is 1. The molecule has 270 valence electrons. The smallest absolute Gasteiger partial charge is 0.319 e. The van der Waals surface area contributed by atoms with Crippen LogP contribution < -0.4 is 35.6 Å². The molecule has 0 radical (unpaired) electrons. The molecule has 3 aromatic carbocycles. The number of hydrogen-bond donors (Lipinski definition) is 7. The predicted octanol–water partition coefficient (Wildman–Crippen LogP) is 4.78. The van der Waals surface area contributed by atoms with Crippen LogP contribution in [0.1, 0.15) is 57.4 Å². The van der Waals surface area contributed by atoms with Gasteiger partial charge < -0.3 is 41.1 Å². The highest BCUT2D eigenvalue weighted by Gasteiger charge is 2.24. The molecular weight excluding hydrogens is 660 g/mol. The monoisotopic (exact) mass is 708 g/mol. The molecule has 5 rings (SSSR count). The standard InChI is InChI=1S/C36H48N6O7S/c1-2-3-4-5-20-37-36(46)39-26-8-12-30(13-9-26)50(47,48)41-27-6-10-28(11-7-27)42-21-18-25(19-22-42)38-23-29(43)24-49-33-16-15-32(44)35-31(33)14-17-34(45)40-35/h6-13,15-16,25,29,38,41,43-44H,2-5,14,17-24H2,1H3,(H,40,45)(H2,37,39,46). The van der Waals surface area contributed by atoms with E-state index in [9.17, 15) is 28.2 Å². The van der Waals surface area contributed by atoms with Crippen molar-refractivity contribution in [2.75, 3.05) is 53.0 Å². The predicted molar refractivity (Wildman–Crippen MR) is 195 cm³/mol. The molecule has 0 spiro atoms. The van der Waals surface area contributed by atoms with Crippen molar-refractivity contribution in [3.05, 3.63) is 66.2 Å². The van der Waals surface area contributed by atoms with Gasteiger partial charge in [-0.05, 0) is 86.3 Å². The molecule has 0 aromatic heterocycles. The zero-order valence-electron chi connectivity index (χ0n) is 28.4. The van der Waals surface area contributed by atoms with Crippen molar-refractivity contribution in [1.29, 1.82) is 0 Å². The van der Waals surface area contributed by atoms with Gasteiger partial charge in [0.1, 0.15) is 24.2 Å². The number of hydrogen-bond acceptors (Lipinski definition) is 9. The molecule has 13 nitrogen and oxygen atoms in total. The maximum atomic E-state index is 13.0. The van der Waals surface area contributed by atoms with Gasteiger partial charge >= 0.3 is 6.03 Å². The summed E-state index contributed by atoms with van der Waals surface area (Å²) in [6.45, 7) is 4.78. The fourth-order valence-corrected chi connectivity index (χ4v) is 7.13. The highest BCUT2D eigenvalue weighted by Crippen LogP contribution is 2.38.